The fraction of sp³-hybridized carbons (Fsp3) is 0.471. The van der Waals surface area contributed by atoms with E-state index in [0.29, 0.717) is 18.9 Å². The Morgan fingerprint density at radius 2 is 2.00 bits per heavy atom. The summed E-state index contributed by atoms with van der Waals surface area (Å²) in [7, 11) is 0. The number of aromatic nitrogens is 1. The highest BCUT2D eigenvalue weighted by molar-refractivity contribution is 5.86. The number of hydrogen-bond donors (Lipinski definition) is 3. The van der Waals surface area contributed by atoms with Gasteiger partial charge in [0.15, 0.2) is 0 Å². The van der Waals surface area contributed by atoms with E-state index in [-0.39, 0.29) is 5.91 Å². The maximum atomic E-state index is 12.1. The lowest BCUT2D eigenvalue weighted by atomic mass is 10.0. The molecule has 0 radical (unpaired) electrons. The third kappa shape index (κ3) is 3.85. The van der Waals surface area contributed by atoms with Crippen molar-refractivity contribution in [3.05, 3.63) is 36.0 Å². The van der Waals surface area contributed by atoms with E-state index in [0.717, 1.165) is 29.3 Å². The van der Waals surface area contributed by atoms with Crippen molar-refractivity contribution in [3.8, 4) is 0 Å². The van der Waals surface area contributed by atoms with Crippen LogP contribution in [-0.4, -0.2) is 23.5 Å². The number of benzene rings is 1. The van der Waals surface area contributed by atoms with Crippen molar-refractivity contribution in [1.29, 1.82) is 0 Å². The standard InChI is InChI=1S/C17H25N3O/c1-3-12(4-2)10-20-17(21)15(18)9-13-11-19-16-8-6-5-7-14(13)16/h5-8,11-12,15,19H,3-4,9-10,18H2,1-2H3,(H,20,21). The average Bonchev–Trinajstić information content (AvgIpc) is 2.91. The monoisotopic (exact) mass is 287 g/mol. The molecule has 2 aromatic rings. The zero-order valence-electron chi connectivity index (χ0n) is 12.9. The minimum Gasteiger partial charge on any atom is -0.361 e. The molecule has 4 nitrogen and oxygen atoms in total. The van der Waals surface area contributed by atoms with Crippen molar-refractivity contribution in [2.45, 2.75) is 39.2 Å². The van der Waals surface area contributed by atoms with E-state index in [9.17, 15) is 4.79 Å². The van der Waals surface area contributed by atoms with Crippen LogP contribution in [0.5, 0.6) is 0 Å². The quantitative estimate of drug-likeness (QED) is 0.732. The molecular weight excluding hydrogens is 262 g/mol. The highest BCUT2D eigenvalue weighted by Crippen LogP contribution is 2.18. The van der Waals surface area contributed by atoms with Crippen LogP contribution in [0.2, 0.25) is 0 Å². The predicted octanol–water partition coefficient (Wildman–Crippen LogP) is 2.59. The molecule has 1 unspecified atom stereocenters. The van der Waals surface area contributed by atoms with Crippen LogP contribution in [0.1, 0.15) is 32.3 Å². The zero-order chi connectivity index (χ0) is 15.2. The number of hydrogen-bond acceptors (Lipinski definition) is 2. The summed E-state index contributed by atoms with van der Waals surface area (Å²) >= 11 is 0. The summed E-state index contributed by atoms with van der Waals surface area (Å²) in [6.45, 7) is 5.01. The van der Waals surface area contributed by atoms with E-state index in [2.05, 4.69) is 30.2 Å². The van der Waals surface area contributed by atoms with Gasteiger partial charge in [0.2, 0.25) is 5.91 Å². The fourth-order valence-corrected chi connectivity index (χ4v) is 2.58. The summed E-state index contributed by atoms with van der Waals surface area (Å²) in [4.78, 5) is 15.3. The molecule has 4 N–H and O–H groups in total. The maximum absolute atomic E-state index is 12.1. The first-order valence-corrected chi connectivity index (χ1v) is 7.74. The first-order chi connectivity index (χ1) is 10.2. The van der Waals surface area contributed by atoms with Crippen LogP contribution in [0.4, 0.5) is 0 Å². The molecule has 1 aromatic carbocycles. The summed E-state index contributed by atoms with van der Waals surface area (Å²) < 4.78 is 0. The van der Waals surface area contributed by atoms with Crippen LogP contribution in [0.15, 0.2) is 30.5 Å². The Balaban J connectivity index is 1.94. The third-order valence-electron chi connectivity index (χ3n) is 4.17. The largest absolute Gasteiger partial charge is 0.361 e. The normalized spacial score (nSPS) is 12.8. The molecule has 0 spiro atoms. The van der Waals surface area contributed by atoms with Crippen LogP contribution in [0, 0.1) is 5.92 Å². The van der Waals surface area contributed by atoms with E-state index in [1.807, 2.05) is 24.4 Å². The Hall–Kier alpha value is -1.81. The molecule has 1 aromatic heterocycles. The second-order valence-electron chi connectivity index (χ2n) is 5.60. The lowest BCUT2D eigenvalue weighted by molar-refractivity contribution is -0.122. The minimum absolute atomic E-state index is 0.0628. The van der Waals surface area contributed by atoms with E-state index in [4.69, 9.17) is 5.73 Å². The predicted molar refractivity (Wildman–Crippen MR) is 87.1 cm³/mol. The van der Waals surface area contributed by atoms with Crippen molar-refractivity contribution < 1.29 is 4.79 Å². The number of nitrogens with one attached hydrogen (secondary N) is 2. The zero-order valence-corrected chi connectivity index (χ0v) is 12.9. The smallest absolute Gasteiger partial charge is 0.237 e. The second kappa shape index (κ2) is 7.27. The molecule has 0 bridgehead atoms. The van der Waals surface area contributed by atoms with Gasteiger partial charge in [-0.1, -0.05) is 44.9 Å². The number of nitrogens with two attached hydrogens (primary N) is 1. The first-order valence-electron chi connectivity index (χ1n) is 7.74. The van der Waals surface area contributed by atoms with Gasteiger partial charge in [0, 0.05) is 23.6 Å². The molecule has 4 heteroatoms. The molecule has 2 rings (SSSR count). The molecule has 0 saturated carbocycles. The highest BCUT2D eigenvalue weighted by atomic mass is 16.2. The second-order valence-corrected chi connectivity index (χ2v) is 5.60. The third-order valence-corrected chi connectivity index (χ3v) is 4.17. The molecule has 0 saturated heterocycles. The van der Waals surface area contributed by atoms with Gasteiger partial charge in [0.05, 0.1) is 6.04 Å². The Morgan fingerprint density at radius 3 is 2.71 bits per heavy atom. The van der Waals surface area contributed by atoms with E-state index < -0.39 is 6.04 Å². The van der Waals surface area contributed by atoms with Crippen molar-refractivity contribution in [2.75, 3.05) is 6.54 Å². The molecule has 0 aliphatic rings. The lowest BCUT2D eigenvalue weighted by Gasteiger charge is -2.16. The van der Waals surface area contributed by atoms with Gasteiger partial charge in [-0.25, -0.2) is 0 Å². The number of amides is 1. The number of para-hydroxylation sites is 1. The van der Waals surface area contributed by atoms with Gasteiger partial charge in [-0.2, -0.15) is 0 Å². The Bertz CT molecular complexity index is 586. The summed E-state index contributed by atoms with van der Waals surface area (Å²) in [5.74, 6) is 0.474. The van der Waals surface area contributed by atoms with Gasteiger partial charge in [0.1, 0.15) is 0 Å². The Kier molecular flexibility index (Phi) is 5.39. The highest BCUT2D eigenvalue weighted by Gasteiger charge is 2.16. The number of fused-ring (bicyclic) bond motifs is 1. The van der Waals surface area contributed by atoms with Gasteiger partial charge in [-0.05, 0) is 24.0 Å². The molecule has 114 valence electrons. The lowest BCUT2D eigenvalue weighted by Crippen LogP contribution is -2.43. The number of carbonyl (C=O) groups excluding carboxylic acids is 1. The summed E-state index contributed by atoms with van der Waals surface area (Å²) in [6, 6.07) is 7.56. The van der Waals surface area contributed by atoms with Gasteiger partial charge in [-0.3, -0.25) is 4.79 Å². The van der Waals surface area contributed by atoms with Gasteiger partial charge in [0.25, 0.3) is 0 Å². The van der Waals surface area contributed by atoms with Crippen LogP contribution in [0.3, 0.4) is 0 Å². The molecule has 0 fully saturated rings. The Morgan fingerprint density at radius 1 is 1.29 bits per heavy atom. The SMILES string of the molecule is CCC(CC)CNC(=O)C(N)Cc1c[nH]c2ccccc12. The fourth-order valence-electron chi connectivity index (χ4n) is 2.58. The van der Waals surface area contributed by atoms with Crippen LogP contribution < -0.4 is 11.1 Å². The van der Waals surface area contributed by atoms with Crippen molar-refractivity contribution in [3.63, 3.8) is 0 Å². The van der Waals surface area contributed by atoms with Gasteiger partial charge < -0.3 is 16.0 Å². The molecule has 1 amide bonds. The molecule has 1 atom stereocenters. The summed E-state index contributed by atoms with van der Waals surface area (Å²) in [5, 5.41) is 4.11. The maximum Gasteiger partial charge on any atom is 0.237 e. The molecule has 1 heterocycles. The van der Waals surface area contributed by atoms with Gasteiger partial charge in [-0.15, -0.1) is 0 Å². The first kappa shape index (κ1) is 15.6. The molecule has 0 aliphatic heterocycles. The number of aromatic amines is 1. The summed E-state index contributed by atoms with van der Waals surface area (Å²) in [6.07, 6.45) is 4.65. The number of carbonyl (C=O) groups is 1. The van der Waals surface area contributed by atoms with Crippen LogP contribution in [-0.2, 0) is 11.2 Å². The van der Waals surface area contributed by atoms with Crippen molar-refractivity contribution in [2.24, 2.45) is 11.7 Å². The number of rotatable bonds is 7. The molecule has 21 heavy (non-hydrogen) atoms. The number of H-pyrrole nitrogens is 1. The summed E-state index contributed by atoms with van der Waals surface area (Å²) in [5.41, 5.74) is 8.22. The average molecular weight is 287 g/mol. The van der Waals surface area contributed by atoms with E-state index >= 15 is 0 Å². The van der Waals surface area contributed by atoms with Crippen LogP contribution in [0.25, 0.3) is 10.9 Å². The van der Waals surface area contributed by atoms with E-state index in [1.165, 1.54) is 0 Å². The van der Waals surface area contributed by atoms with Gasteiger partial charge >= 0.3 is 0 Å². The Labute approximate surface area is 126 Å². The van der Waals surface area contributed by atoms with E-state index in [1.54, 1.807) is 0 Å². The minimum atomic E-state index is -0.501. The van der Waals surface area contributed by atoms with Crippen molar-refractivity contribution >= 4 is 16.8 Å². The van der Waals surface area contributed by atoms with Crippen LogP contribution >= 0.6 is 0 Å². The topological polar surface area (TPSA) is 70.9 Å². The van der Waals surface area contributed by atoms with Crippen molar-refractivity contribution in [1.82, 2.24) is 10.3 Å². The molecule has 0 aliphatic carbocycles. The molecular formula is C17H25N3O.